The van der Waals surface area contributed by atoms with Gasteiger partial charge in [-0.05, 0) is 9.05 Å². The molecule has 0 aliphatic heterocycles. The van der Waals surface area contributed by atoms with Crippen molar-refractivity contribution < 1.29 is 36.6 Å². The van der Waals surface area contributed by atoms with Crippen LogP contribution in [0.1, 0.15) is 0 Å². The van der Waals surface area contributed by atoms with E-state index in [4.69, 9.17) is 0 Å². The van der Waals surface area contributed by atoms with Crippen molar-refractivity contribution in [3.8, 4) is 0 Å². The molecule has 0 aromatic heterocycles. The van der Waals surface area contributed by atoms with Gasteiger partial charge in [0.2, 0.25) is 0 Å². The molecule has 0 fully saturated rings. The predicted octanol–water partition coefficient (Wildman–Crippen LogP) is 0.701. The van der Waals surface area contributed by atoms with Crippen LogP contribution < -0.4 is 0 Å². The van der Waals surface area contributed by atoms with Crippen LogP contribution >= 0.6 is 0 Å². The first-order chi connectivity index (χ1) is 1.91. The van der Waals surface area contributed by atoms with E-state index in [0.717, 1.165) is 0 Å². The number of hydrogen-bond donors (Lipinski definition) is 0. The zero-order chi connectivity index (χ0) is 3.41. The van der Waals surface area contributed by atoms with Crippen molar-refractivity contribution >= 4 is 0 Å². The molecular formula is CrF2O2. The summed E-state index contributed by atoms with van der Waals surface area (Å²) >= 11 is 0. The summed E-state index contributed by atoms with van der Waals surface area (Å²) in [6.07, 6.45) is 0. The molecule has 0 rings (SSSR count). The summed E-state index contributed by atoms with van der Waals surface area (Å²) in [5.74, 6) is 0. The van der Waals surface area contributed by atoms with Crippen LogP contribution in [0, 0.1) is 0 Å². The van der Waals surface area contributed by atoms with Gasteiger partial charge in [0.25, 0.3) is 0 Å². The van der Waals surface area contributed by atoms with Gasteiger partial charge in [0, 0.05) is 27.5 Å². The van der Waals surface area contributed by atoms with E-state index >= 15 is 0 Å². The SMILES string of the molecule is FOOF.[Cr]. The van der Waals surface area contributed by atoms with Crippen molar-refractivity contribution in [2.24, 2.45) is 0 Å². The molecule has 0 saturated heterocycles. The molecule has 0 heterocycles. The second-order valence-electron chi connectivity index (χ2n) is 0.126. The molecule has 0 saturated carbocycles. The first-order valence-corrected chi connectivity index (χ1v) is 0.475. The maximum Gasteiger partial charge on any atom is 0.0122 e. The van der Waals surface area contributed by atoms with Crippen LogP contribution in [-0.2, 0) is 27.5 Å². The van der Waals surface area contributed by atoms with Gasteiger partial charge in [0.05, 0.1) is 0 Å². The molecule has 0 aromatic carbocycles. The van der Waals surface area contributed by atoms with E-state index in [1.807, 2.05) is 10.2 Å². The first-order valence-electron chi connectivity index (χ1n) is 0.475. The molecular weight excluding hydrogens is 122 g/mol. The standard InChI is InChI=1S/Cr.F2O2/c;1-3-4-2. The van der Waals surface area contributed by atoms with Crippen LogP contribution in [0.3, 0.4) is 0 Å². The van der Waals surface area contributed by atoms with Crippen LogP contribution in [-0.4, -0.2) is 0 Å². The van der Waals surface area contributed by atoms with Crippen LogP contribution in [0.4, 0.5) is 9.05 Å². The fraction of sp³-hybridized carbons (Fsp3) is 0. The second kappa shape index (κ2) is 8.85. The Balaban J connectivity index is 0. The fourth-order valence-electron chi connectivity index (χ4n) is 0. The number of halogens is 2. The van der Waals surface area contributed by atoms with Gasteiger partial charge in [-0.3, -0.25) is 0 Å². The molecule has 2 nitrogen and oxygen atoms in total. The van der Waals surface area contributed by atoms with E-state index in [2.05, 4.69) is 0 Å². The average Bonchev–Trinajstić information content (AvgIpc) is 1.37. The second-order valence-corrected chi connectivity index (χ2v) is 0.126. The molecule has 0 amide bonds. The maximum atomic E-state index is 9.62. The van der Waals surface area contributed by atoms with Crippen molar-refractivity contribution in [3.05, 3.63) is 0 Å². The van der Waals surface area contributed by atoms with Gasteiger partial charge in [-0.25, -0.2) is 0 Å². The minimum absolute atomic E-state index is 0. The maximum absolute atomic E-state index is 9.62. The average molecular weight is 122 g/mol. The van der Waals surface area contributed by atoms with Crippen LogP contribution in [0.25, 0.3) is 0 Å². The van der Waals surface area contributed by atoms with Gasteiger partial charge < -0.3 is 0 Å². The third-order valence-electron chi connectivity index (χ3n) is 0.0238. The van der Waals surface area contributed by atoms with Crippen molar-refractivity contribution in [3.63, 3.8) is 0 Å². The summed E-state index contributed by atoms with van der Waals surface area (Å²) in [6, 6.07) is 0. The Morgan fingerprint density at radius 3 is 1.20 bits per heavy atom. The van der Waals surface area contributed by atoms with Crippen molar-refractivity contribution in [2.45, 2.75) is 0 Å². The zero-order valence-electron chi connectivity index (χ0n) is 1.98. The Labute approximate surface area is 37.5 Å². The van der Waals surface area contributed by atoms with Crippen molar-refractivity contribution in [1.29, 1.82) is 0 Å². The molecule has 5 heteroatoms. The molecule has 0 aliphatic carbocycles. The smallest absolute Gasteiger partial charge is 0.0122 e. The van der Waals surface area contributed by atoms with Gasteiger partial charge in [0.1, 0.15) is 0 Å². The van der Waals surface area contributed by atoms with Crippen molar-refractivity contribution in [1.82, 2.24) is 0 Å². The van der Waals surface area contributed by atoms with Crippen molar-refractivity contribution in [2.75, 3.05) is 0 Å². The third kappa shape index (κ3) is 13.4. The number of hydrogen-bond acceptors (Lipinski definition) is 2. The molecule has 0 unspecified atom stereocenters. The molecule has 5 heavy (non-hydrogen) atoms. The third-order valence-corrected chi connectivity index (χ3v) is 0.0238. The Bertz CT molecular complexity index is 9.61. The van der Waals surface area contributed by atoms with Crippen LogP contribution in [0.15, 0.2) is 0 Å². The Hall–Kier alpha value is 0.312. The summed E-state index contributed by atoms with van der Waals surface area (Å²) in [7, 11) is 0. The largest absolute Gasteiger partial charge is 0.0122 e. The van der Waals surface area contributed by atoms with E-state index in [1.165, 1.54) is 0 Å². The minimum Gasteiger partial charge on any atom is -0.0122 e. The molecule has 0 aromatic rings. The van der Waals surface area contributed by atoms with Crippen LogP contribution in [0.5, 0.6) is 0 Å². The molecule has 0 radical (unpaired) electrons. The molecule has 0 N–H and O–H groups in total. The normalized spacial score (nSPS) is 6.00. The monoisotopic (exact) mass is 122 g/mol. The van der Waals surface area contributed by atoms with E-state index in [0.29, 0.717) is 0 Å². The fourth-order valence-corrected chi connectivity index (χ4v) is 0. The summed E-state index contributed by atoms with van der Waals surface area (Å²) in [4.78, 5) is 0. The van der Waals surface area contributed by atoms with E-state index in [9.17, 15) is 9.05 Å². The summed E-state index contributed by atoms with van der Waals surface area (Å²) in [5, 5.41) is 3.75. The Morgan fingerprint density at radius 1 is 1.00 bits per heavy atom. The molecule has 0 atom stereocenters. The minimum atomic E-state index is 0. The van der Waals surface area contributed by atoms with Gasteiger partial charge in [-0.1, -0.05) is 0 Å². The molecule has 0 aliphatic rings. The van der Waals surface area contributed by atoms with Gasteiger partial charge in [-0.2, -0.15) is 0 Å². The van der Waals surface area contributed by atoms with E-state index < -0.39 is 0 Å². The van der Waals surface area contributed by atoms with Gasteiger partial charge >= 0.3 is 0 Å². The zero-order valence-corrected chi connectivity index (χ0v) is 3.26. The first kappa shape index (κ1) is 9.00. The topological polar surface area (TPSA) is 18.5 Å². The summed E-state index contributed by atoms with van der Waals surface area (Å²) < 4.78 is 19.2. The molecule has 32 valence electrons. The van der Waals surface area contributed by atoms with Gasteiger partial charge in [0.15, 0.2) is 0 Å². The molecule has 0 spiro atoms. The van der Waals surface area contributed by atoms with E-state index in [-0.39, 0.29) is 17.4 Å². The summed E-state index contributed by atoms with van der Waals surface area (Å²) in [6.45, 7) is 0. The Morgan fingerprint density at radius 2 is 1.20 bits per heavy atom. The number of rotatable bonds is 1. The van der Waals surface area contributed by atoms with Gasteiger partial charge in [-0.15, -0.1) is 0 Å². The van der Waals surface area contributed by atoms with E-state index in [1.54, 1.807) is 0 Å². The Kier molecular flexibility index (Phi) is 15.9. The van der Waals surface area contributed by atoms with Crippen LogP contribution in [0.2, 0.25) is 0 Å². The summed E-state index contributed by atoms with van der Waals surface area (Å²) in [5.41, 5.74) is 0. The predicted molar refractivity (Wildman–Crippen MR) is 4.39 cm³/mol. The quantitative estimate of drug-likeness (QED) is 0.376. The molecule has 0 bridgehead atoms.